The van der Waals surface area contributed by atoms with E-state index in [-0.39, 0.29) is 18.9 Å². The Labute approximate surface area is 155 Å². The van der Waals surface area contributed by atoms with Crippen LogP contribution in [0.15, 0.2) is 54.6 Å². The number of nitrogens with zero attached hydrogens (tertiary/aromatic N) is 1. The number of benzene rings is 2. The Morgan fingerprint density at radius 2 is 1.81 bits per heavy atom. The number of nitrogens with one attached hydrogen (secondary N) is 1. The van der Waals surface area contributed by atoms with Crippen molar-refractivity contribution in [3.63, 3.8) is 0 Å². The van der Waals surface area contributed by atoms with Crippen LogP contribution >= 0.6 is 0 Å². The summed E-state index contributed by atoms with van der Waals surface area (Å²) in [7, 11) is 0. The van der Waals surface area contributed by atoms with Gasteiger partial charge in [0, 0.05) is 25.2 Å². The van der Waals surface area contributed by atoms with E-state index in [2.05, 4.69) is 5.32 Å². The molecule has 1 aliphatic heterocycles. The molecule has 27 heavy (non-hydrogen) atoms. The van der Waals surface area contributed by atoms with Crippen LogP contribution in [0.2, 0.25) is 0 Å². The van der Waals surface area contributed by atoms with Gasteiger partial charge in [-0.25, -0.2) is 4.39 Å². The average Bonchev–Trinajstić information content (AvgIpc) is 3.03. The number of hydrogen-bond donors (Lipinski definition) is 1. The van der Waals surface area contributed by atoms with Crippen LogP contribution in [-0.2, 0) is 25.7 Å². The van der Waals surface area contributed by atoms with Crippen molar-refractivity contribution in [1.82, 2.24) is 4.90 Å². The Kier molecular flexibility index (Phi) is 5.80. The van der Waals surface area contributed by atoms with Gasteiger partial charge in [-0.2, -0.15) is 0 Å². The number of halogens is 1. The summed E-state index contributed by atoms with van der Waals surface area (Å²) in [6.07, 6.45) is 0.0747. The molecule has 1 fully saturated rings. The Bertz CT molecular complexity index is 824. The molecular weight excluding hydrogens is 351 g/mol. The Morgan fingerprint density at radius 3 is 2.52 bits per heavy atom. The van der Waals surface area contributed by atoms with Crippen LogP contribution in [0.3, 0.4) is 0 Å². The van der Waals surface area contributed by atoms with E-state index in [9.17, 15) is 18.8 Å². The standard InChI is InChI=1S/C20H19FN2O4/c21-16-6-8-17(9-7-16)22-18(24)13-27-20(26)15-10-19(25)23(12-15)11-14-4-2-1-3-5-14/h1-9,15H,10-13H2,(H,22,24)/t15-/m0/s1. The normalized spacial score (nSPS) is 16.3. The van der Waals surface area contributed by atoms with Crippen molar-refractivity contribution in [2.75, 3.05) is 18.5 Å². The fourth-order valence-corrected chi connectivity index (χ4v) is 2.87. The summed E-state index contributed by atoms with van der Waals surface area (Å²) in [4.78, 5) is 37.7. The molecule has 0 spiro atoms. The fourth-order valence-electron chi connectivity index (χ4n) is 2.87. The number of carbonyl (C=O) groups is 3. The summed E-state index contributed by atoms with van der Waals surface area (Å²) in [6.45, 7) is 0.250. The molecule has 2 aromatic rings. The van der Waals surface area contributed by atoms with Gasteiger partial charge in [0.1, 0.15) is 5.82 Å². The van der Waals surface area contributed by atoms with E-state index in [1.165, 1.54) is 24.3 Å². The number of ether oxygens (including phenoxy) is 1. The Hall–Kier alpha value is -3.22. The average molecular weight is 370 g/mol. The number of amides is 2. The maximum Gasteiger partial charge on any atom is 0.311 e. The van der Waals surface area contributed by atoms with Crippen LogP contribution in [0.1, 0.15) is 12.0 Å². The molecule has 0 radical (unpaired) electrons. The molecule has 0 aliphatic carbocycles. The van der Waals surface area contributed by atoms with Crippen LogP contribution in [0.25, 0.3) is 0 Å². The molecule has 0 unspecified atom stereocenters. The molecule has 2 amide bonds. The molecule has 2 aromatic carbocycles. The van der Waals surface area contributed by atoms with E-state index in [0.717, 1.165) is 5.56 Å². The van der Waals surface area contributed by atoms with Crippen LogP contribution in [0, 0.1) is 11.7 Å². The molecule has 7 heteroatoms. The minimum atomic E-state index is -0.583. The highest BCUT2D eigenvalue weighted by molar-refractivity contribution is 5.93. The van der Waals surface area contributed by atoms with Crippen molar-refractivity contribution in [1.29, 1.82) is 0 Å². The van der Waals surface area contributed by atoms with E-state index in [1.54, 1.807) is 4.90 Å². The van der Waals surface area contributed by atoms with Gasteiger partial charge in [-0.1, -0.05) is 30.3 Å². The first-order valence-electron chi connectivity index (χ1n) is 8.55. The molecule has 1 atom stereocenters. The first kappa shape index (κ1) is 18.6. The highest BCUT2D eigenvalue weighted by Gasteiger charge is 2.35. The van der Waals surface area contributed by atoms with Gasteiger partial charge in [0.25, 0.3) is 5.91 Å². The number of likely N-dealkylation sites (tertiary alicyclic amines) is 1. The van der Waals surface area contributed by atoms with Gasteiger partial charge >= 0.3 is 5.97 Å². The van der Waals surface area contributed by atoms with E-state index < -0.39 is 30.2 Å². The smallest absolute Gasteiger partial charge is 0.311 e. The van der Waals surface area contributed by atoms with Gasteiger partial charge in [-0.3, -0.25) is 14.4 Å². The number of esters is 1. The molecule has 6 nitrogen and oxygen atoms in total. The van der Waals surface area contributed by atoms with Crippen LogP contribution in [0.5, 0.6) is 0 Å². The van der Waals surface area contributed by atoms with Crippen LogP contribution in [0.4, 0.5) is 10.1 Å². The summed E-state index contributed by atoms with van der Waals surface area (Å²) in [5.74, 6) is -2.21. The third-order valence-electron chi connectivity index (χ3n) is 4.24. The quantitative estimate of drug-likeness (QED) is 0.792. The lowest BCUT2D eigenvalue weighted by molar-refractivity contribution is -0.151. The third-order valence-corrected chi connectivity index (χ3v) is 4.24. The van der Waals surface area contributed by atoms with E-state index >= 15 is 0 Å². The molecule has 140 valence electrons. The number of rotatable bonds is 6. The van der Waals surface area contributed by atoms with E-state index in [1.807, 2.05) is 30.3 Å². The lowest BCUT2D eigenvalue weighted by Gasteiger charge is -2.16. The molecule has 1 N–H and O–H groups in total. The minimum absolute atomic E-state index is 0.0747. The molecule has 0 bridgehead atoms. The topological polar surface area (TPSA) is 75.7 Å². The lowest BCUT2D eigenvalue weighted by atomic mass is 10.1. The second-order valence-electron chi connectivity index (χ2n) is 6.32. The highest BCUT2D eigenvalue weighted by Crippen LogP contribution is 2.21. The van der Waals surface area contributed by atoms with Gasteiger partial charge < -0.3 is 15.0 Å². The van der Waals surface area contributed by atoms with Crippen molar-refractivity contribution >= 4 is 23.5 Å². The maximum atomic E-state index is 12.8. The number of anilines is 1. The van der Waals surface area contributed by atoms with Crippen molar-refractivity contribution in [3.8, 4) is 0 Å². The summed E-state index contributed by atoms with van der Waals surface area (Å²) in [5, 5.41) is 2.51. The SMILES string of the molecule is O=C(COC(=O)[C@H]1CC(=O)N(Cc2ccccc2)C1)Nc1ccc(F)cc1. The van der Waals surface area contributed by atoms with Gasteiger partial charge in [-0.15, -0.1) is 0 Å². The molecule has 0 aromatic heterocycles. The van der Waals surface area contributed by atoms with Crippen molar-refractivity contribution in [2.24, 2.45) is 5.92 Å². The largest absolute Gasteiger partial charge is 0.455 e. The number of carbonyl (C=O) groups excluding carboxylic acids is 3. The van der Waals surface area contributed by atoms with Crippen molar-refractivity contribution < 1.29 is 23.5 Å². The van der Waals surface area contributed by atoms with Gasteiger partial charge in [0.05, 0.1) is 5.92 Å². The lowest BCUT2D eigenvalue weighted by Crippen LogP contribution is -2.28. The van der Waals surface area contributed by atoms with Crippen LogP contribution < -0.4 is 5.32 Å². The zero-order chi connectivity index (χ0) is 19.2. The summed E-state index contributed by atoms with van der Waals surface area (Å²) >= 11 is 0. The molecular formula is C20H19FN2O4. The van der Waals surface area contributed by atoms with Gasteiger partial charge in [0.2, 0.25) is 5.91 Å². The van der Waals surface area contributed by atoms with Gasteiger partial charge in [-0.05, 0) is 29.8 Å². The zero-order valence-corrected chi connectivity index (χ0v) is 14.6. The van der Waals surface area contributed by atoms with E-state index in [0.29, 0.717) is 12.2 Å². The summed E-state index contributed by atoms with van der Waals surface area (Å²) < 4.78 is 17.9. The van der Waals surface area contributed by atoms with Crippen LogP contribution in [-0.4, -0.2) is 35.8 Å². The fraction of sp³-hybridized carbons (Fsp3) is 0.250. The molecule has 1 saturated heterocycles. The van der Waals surface area contributed by atoms with Gasteiger partial charge in [0.15, 0.2) is 6.61 Å². The highest BCUT2D eigenvalue weighted by atomic mass is 19.1. The summed E-state index contributed by atoms with van der Waals surface area (Å²) in [5.41, 5.74) is 1.39. The summed E-state index contributed by atoms with van der Waals surface area (Å²) in [6, 6.07) is 14.8. The number of hydrogen-bond acceptors (Lipinski definition) is 4. The second-order valence-corrected chi connectivity index (χ2v) is 6.32. The molecule has 3 rings (SSSR count). The van der Waals surface area contributed by atoms with Crippen molar-refractivity contribution in [3.05, 3.63) is 66.0 Å². The molecule has 1 aliphatic rings. The Balaban J connectivity index is 1.46. The second kappa shape index (κ2) is 8.44. The molecule has 0 saturated carbocycles. The third kappa shape index (κ3) is 5.13. The first-order chi connectivity index (χ1) is 13.0. The maximum absolute atomic E-state index is 12.8. The Morgan fingerprint density at radius 1 is 1.11 bits per heavy atom. The predicted octanol–water partition coefficient (Wildman–Crippen LogP) is 2.36. The molecule has 1 heterocycles. The first-order valence-corrected chi connectivity index (χ1v) is 8.55. The predicted molar refractivity (Wildman–Crippen MR) is 96.0 cm³/mol. The minimum Gasteiger partial charge on any atom is -0.455 e. The van der Waals surface area contributed by atoms with E-state index in [4.69, 9.17) is 4.74 Å². The monoisotopic (exact) mass is 370 g/mol. The van der Waals surface area contributed by atoms with Crippen molar-refractivity contribution in [2.45, 2.75) is 13.0 Å². The zero-order valence-electron chi connectivity index (χ0n) is 14.6.